The standard InChI is InChI=1S/C46H47FN10O7/c47-35-23-29(22-33-34(35)25-57(46(33)63)42(43(48)60)41-37-2-1-15-56(37)27-50-41)4-3-28-5-10-36(49-24-28)44(61)51-30-13-16-55(17-14-30)40(59)26-53-18-20-54(21-19-53)31-6-8-32(9-7-31)64-38-11-12-39(58)52-45(38)62/h5-10,22-24,27,30,38,42H,1-2,11-21,25-26H2,(H2,48,60)(H,51,61)(H,52,58,62). The first-order valence-electron chi connectivity index (χ1n) is 21.6. The number of carbonyl (C=O) groups excluding carboxylic acids is 6. The van der Waals surface area contributed by atoms with Crippen LogP contribution in [0.5, 0.6) is 5.75 Å². The largest absolute Gasteiger partial charge is 0.481 e. The van der Waals surface area contributed by atoms with Gasteiger partial charge in [-0.15, -0.1) is 0 Å². The smallest absolute Gasteiger partial charge is 0.270 e. The SMILES string of the molecule is NC(=O)C(c1ncn2c1CCC2)N1Cc2c(F)cc(C#Cc3ccc(C(=O)NC4CCN(C(=O)CN5CCN(c6ccc(OC7CCC(=O)NC7=O)cc6)CC5)CC4)nc3)cc2C1=O. The van der Waals surface area contributed by atoms with Crippen molar-refractivity contribution < 1.29 is 37.9 Å². The van der Waals surface area contributed by atoms with Crippen LogP contribution < -0.4 is 26.0 Å². The summed E-state index contributed by atoms with van der Waals surface area (Å²) in [4.78, 5) is 92.2. The molecule has 4 aromatic rings. The maximum atomic E-state index is 15.4. The van der Waals surface area contributed by atoms with Crippen LogP contribution >= 0.6 is 0 Å². The molecule has 0 spiro atoms. The van der Waals surface area contributed by atoms with Gasteiger partial charge in [0, 0.05) is 105 Å². The number of aryl methyl sites for hydroxylation is 1. The highest BCUT2D eigenvalue weighted by atomic mass is 19.1. The summed E-state index contributed by atoms with van der Waals surface area (Å²) >= 11 is 0. The summed E-state index contributed by atoms with van der Waals surface area (Å²) in [5.74, 6) is 3.53. The van der Waals surface area contributed by atoms with E-state index in [-0.39, 0.29) is 59.1 Å². The van der Waals surface area contributed by atoms with E-state index in [9.17, 15) is 28.8 Å². The molecule has 7 heterocycles. The molecule has 0 saturated carbocycles. The van der Waals surface area contributed by atoms with Crippen molar-refractivity contribution in [1.82, 2.24) is 39.9 Å². The Kier molecular flexibility index (Phi) is 11.8. The Hall–Kier alpha value is -7.13. The third-order valence-electron chi connectivity index (χ3n) is 12.6. The van der Waals surface area contributed by atoms with E-state index in [1.54, 1.807) is 18.5 Å². The van der Waals surface area contributed by atoms with Crippen molar-refractivity contribution in [3.05, 3.63) is 106 Å². The highest BCUT2D eigenvalue weighted by Gasteiger charge is 2.41. The fourth-order valence-corrected chi connectivity index (χ4v) is 9.05. The van der Waals surface area contributed by atoms with Gasteiger partial charge in [-0.05, 0) is 74.2 Å². The molecule has 18 heteroatoms. The minimum Gasteiger partial charge on any atom is -0.481 e. The van der Waals surface area contributed by atoms with Gasteiger partial charge in [0.25, 0.3) is 17.7 Å². The molecule has 5 aliphatic heterocycles. The van der Waals surface area contributed by atoms with Crippen molar-refractivity contribution in [1.29, 1.82) is 0 Å². The number of halogens is 1. The number of ether oxygens (including phenoxy) is 1. The van der Waals surface area contributed by atoms with Crippen LogP contribution in [0.2, 0.25) is 0 Å². The normalized spacial score (nSPS) is 19.4. The second kappa shape index (κ2) is 17.9. The third-order valence-corrected chi connectivity index (χ3v) is 12.6. The highest BCUT2D eigenvalue weighted by Crippen LogP contribution is 2.35. The highest BCUT2D eigenvalue weighted by molar-refractivity contribution is 6.02. The molecule has 330 valence electrons. The number of nitrogens with zero attached hydrogens (tertiary/aromatic N) is 7. The van der Waals surface area contributed by atoms with Crippen molar-refractivity contribution in [2.75, 3.05) is 50.7 Å². The first kappa shape index (κ1) is 42.2. The minimum atomic E-state index is -1.12. The number of rotatable bonds is 10. The first-order chi connectivity index (χ1) is 31.0. The predicted molar refractivity (Wildman–Crippen MR) is 228 cm³/mol. The number of benzene rings is 2. The van der Waals surface area contributed by atoms with Gasteiger partial charge in [-0.25, -0.2) is 14.4 Å². The van der Waals surface area contributed by atoms with Crippen LogP contribution in [0.15, 0.2) is 61.1 Å². The number of nitrogens with one attached hydrogen (secondary N) is 2. The third kappa shape index (κ3) is 8.89. The number of hydrogen-bond donors (Lipinski definition) is 3. The Labute approximate surface area is 368 Å². The van der Waals surface area contributed by atoms with Crippen molar-refractivity contribution in [2.45, 2.75) is 69.8 Å². The number of piperazine rings is 1. The summed E-state index contributed by atoms with van der Waals surface area (Å²) in [5.41, 5.74) is 9.32. The van der Waals surface area contributed by atoms with E-state index < -0.39 is 35.7 Å². The lowest BCUT2D eigenvalue weighted by atomic mass is 10.0. The molecular formula is C46H47FN10O7. The number of anilines is 1. The summed E-state index contributed by atoms with van der Waals surface area (Å²) in [6.07, 6.45) is 5.86. The Morgan fingerprint density at radius 1 is 0.906 bits per heavy atom. The van der Waals surface area contributed by atoms with E-state index >= 15 is 4.39 Å². The maximum absolute atomic E-state index is 15.4. The van der Waals surface area contributed by atoms with Gasteiger partial charge in [0.05, 0.1) is 25.1 Å². The van der Waals surface area contributed by atoms with Crippen molar-refractivity contribution >= 4 is 41.1 Å². The summed E-state index contributed by atoms with van der Waals surface area (Å²) in [6, 6.07) is 12.3. The number of fused-ring (bicyclic) bond motifs is 2. The second-order valence-corrected chi connectivity index (χ2v) is 16.7. The molecular weight excluding hydrogens is 824 g/mol. The van der Waals surface area contributed by atoms with Crippen LogP contribution in [0.1, 0.15) is 87.1 Å². The quantitative estimate of drug-likeness (QED) is 0.155. The van der Waals surface area contributed by atoms with E-state index in [0.29, 0.717) is 62.3 Å². The molecule has 2 atom stereocenters. The molecule has 17 nitrogen and oxygen atoms in total. The van der Waals surface area contributed by atoms with E-state index in [1.165, 1.54) is 23.2 Å². The monoisotopic (exact) mass is 870 g/mol. The van der Waals surface area contributed by atoms with Crippen LogP contribution in [-0.4, -0.2) is 123 Å². The number of imide groups is 1. The van der Waals surface area contributed by atoms with Crippen LogP contribution in [0.25, 0.3) is 0 Å². The zero-order valence-corrected chi connectivity index (χ0v) is 35.1. The lowest BCUT2D eigenvalue weighted by molar-refractivity contribution is -0.139. The molecule has 0 aliphatic carbocycles. The Morgan fingerprint density at radius 3 is 2.39 bits per heavy atom. The molecule has 0 radical (unpaired) electrons. The molecule has 6 amide bonds. The van der Waals surface area contributed by atoms with E-state index in [0.717, 1.165) is 50.5 Å². The van der Waals surface area contributed by atoms with Crippen LogP contribution in [0.3, 0.4) is 0 Å². The predicted octanol–water partition coefficient (Wildman–Crippen LogP) is 1.67. The lowest BCUT2D eigenvalue weighted by Crippen LogP contribution is -2.52. The number of amides is 6. The summed E-state index contributed by atoms with van der Waals surface area (Å²) in [6.45, 7) is 5.00. The number of imidazole rings is 1. The molecule has 2 unspecified atom stereocenters. The van der Waals surface area contributed by atoms with Gasteiger partial charge < -0.3 is 35.1 Å². The Balaban J connectivity index is 0.717. The average molecular weight is 871 g/mol. The Morgan fingerprint density at radius 2 is 1.67 bits per heavy atom. The van der Waals surface area contributed by atoms with Gasteiger partial charge in [0.15, 0.2) is 12.1 Å². The molecule has 3 saturated heterocycles. The lowest BCUT2D eigenvalue weighted by Gasteiger charge is -2.38. The number of pyridine rings is 1. The zero-order chi connectivity index (χ0) is 44.5. The van der Waals surface area contributed by atoms with Gasteiger partial charge >= 0.3 is 0 Å². The Bertz CT molecular complexity index is 2570. The van der Waals surface area contributed by atoms with E-state index in [2.05, 4.69) is 42.2 Å². The molecule has 2 aromatic heterocycles. The number of piperidine rings is 2. The van der Waals surface area contributed by atoms with Crippen LogP contribution in [0.4, 0.5) is 10.1 Å². The number of likely N-dealkylation sites (tertiary alicyclic amines) is 1. The van der Waals surface area contributed by atoms with E-state index in [1.807, 2.05) is 33.7 Å². The number of hydrogen-bond acceptors (Lipinski definition) is 11. The summed E-state index contributed by atoms with van der Waals surface area (Å²) < 4.78 is 23.1. The van der Waals surface area contributed by atoms with Crippen LogP contribution in [-0.2, 0) is 38.7 Å². The molecule has 64 heavy (non-hydrogen) atoms. The van der Waals surface area contributed by atoms with Crippen molar-refractivity contribution in [2.24, 2.45) is 5.73 Å². The van der Waals surface area contributed by atoms with Crippen LogP contribution in [0, 0.1) is 17.7 Å². The first-order valence-corrected chi connectivity index (χ1v) is 21.6. The zero-order valence-electron chi connectivity index (χ0n) is 35.1. The van der Waals surface area contributed by atoms with Gasteiger partial charge in [-0.3, -0.25) is 39.0 Å². The van der Waals surface area contributed by atoms with Gasteiger partial charge in [0.1, 0.15) is 17.3 Å². The van der Waals surface area contributed by atoms with Gasteiger partial charge in [-0.2, -0.15) is 0 Å². The summed E-state index contributed by atoms with van der Waals surface area (Å²) in [7, 11) is 0. The average Bonchev–Trinajstić information content (AvgIpc) is 4.01. The topological polar surface area (TPSA) is 205 Å². The molecule has 4 N–H and O–H groups in total. The molecule has 0 bridgehead atoms. The number of nitrogens with two attached hydrogens (primary N) is 1. The molecule has 2 aromatic carbocycles. The second-order valence-electron chi connectivity index (χ2n) is 16.7. The minimum absolute atomic E-state index is 0.0626. The number of carbonyl (C=O) groups is 6. The fraction of sp³-hybridized carbons (Fsp3) is 0.391. The fourth-order valence-electron chi connectivity index (χ4n) is 9.05. The van der Waals surface area contributed by atoms with Gasteiger partial charge in [0.2, 0.25) is 17.7 Å². The molecule has 5 aliphatic rings. The maximum Gasteiger partial charge on any atom is 0.270 e. The van der Waals surface area contributed by atoms with Crippen molar-refractivity contribution in [3.63, 3.8) is 0 Å². The molecule has 9 rings (SSSR count). The van der Waals surface area contributed by atoms with Crippen molar-refractivity contribution in [3.8, 4) is 17.6 Å². The molecule has 3 fully saturated rings. The van der Waals surface area contributed by atoms with E-state index in [4.69, 9.17) is 10.5 Å². The number of primary amides is 1. The number of aromatic nitrogens is 3. The summed E-state index contributed by atoms with van der Waals surface area (Å²) in [5, 5.41) is 5.34. The van der Waals surface area contributed by atoms with Gasteiger partial charge in [-0.1, -0.05) is 11.8 Å².